The summed E-state index contributed by atoms with van der Waals surface area (Å²) in [5.41, 5.74) is 2.13. The number of hydrogen-bond acceptors (Lipinski definition) is 9. The lowest BCUT2D eigenvalue weighted by atomic mass is 9.92. The van der Waals surface area contributed by atoms with Gasteiger partial charge >= 0.3 is 0 Å². The third-order valence-electron chi connectivity index (χ3n) is 7.18. The smallest absolute Gasteiger partial charge is 0.194 e. The number of halogens is 3. The molecule has 4 heterocycles. The van der Waals surface area contributed by atoms with Crippen LogP contribution in [0, 0.1) is 24.4 Å². The third kappa shape index (κ3) is 4.14. The Bertz CT molecular complexity index is 1700. The van der Waals surface area contributed by atoms with E-state index in [0.717, 1.165) is 33.7 Å². The molecule has 0 amide bonds. The van der Waals surface area contributed by atoms with Crippen LogP contribution >= 0.6 is 0 Å². The molecule has 2 aromatic carbocycles. The van der Waals surface area contributed by atoms with E-state index >= 15 is 0 Å². The maximum absolute atomic E-state index is 13.8. The van der Waals surface area contributed by atoms with Crippen LogP contribution in [0.5, 0.6) is 0 Å². The number of rotatable bonds is 5. The molecule has 12 nitrogen and oxygen atoms in total. The number of aliphatic hydroxyl groups is 3. The summed E-state index contributed by atoms with van der Waals surface area (Å²) in [7, 11) is 1.90. The topological polar surface area (TPSA) is 149 Å². The molecule has 15 heteroatoms. The molecule has 3 N–H and O–H groups in total. The van der Waals surface area contributed by atoms with E-state index in [0.29, 0.717) is 5.69 Å². The Hall–Kier alpha value is -4.18. The van der Waals surface area contributed by atoms with E-state index in [-0.39, 0.29) is 17.1 Å². The molecular formula is C25H23F3N8O4. The predicted molar refractivity (Wildman–Crippen MR) is 131 cm³/mol. The molecule has 208 valence electrons. The van der Waals surface area contributed by atoms with Crippen LogP contribution in [0.15, 0.2) is 42.9 Å². The van der Waals surface area contributed by atoms with Gasteiger partial charge in [-0.25, -0.2) is 22.8 Å². The Morgan fingerprint density at radius 3 is 2.50 bits per heavy atom. The van der Waals surface area contributed by atoms with Gasteiger partial charge in [-0.15, -0.1) is 15.3 Å². The lowest BCUT2D eigenvalue weighted by Gasteiger charge is -2.41. The second-order valence-electron chi connectivity index (χ2n) is 9.54. The van der Waals surface area contributed by atoms with Crippen molar-refractivity contribution in [3.63, 3.8) is 0 Å². The highest BCUT2D eigenvalue weighted by Gasteiger charge is 2.48. The first-order valence-corrected chi connectivity index (χ1v) is 12.2. The monoisotopic (exact) mass is 556 g/mol. The number of hydrogen-bond donors (Lipinski definition) is 3. The van der Waals surface area contributed by atoms with Gasteiger partial charge in [0, 0.05) is 12.6 Å². The van der Waals surface area contributed by atoms with Gasteiger partial charge in [-0.2, -0.15) is 0 Å². The number of benzene rings is 2. The van der Waals surface area contributed by atoms with Gasteiger partial charge < -0.3 is 24.6 Å². The maximum Gasteiger partial charge on any atom is 0.194 e. The van der Waals surface area contributed by atoms with Crippen molar-refractivity contribution in [3.8, 4) is 16.9 Å². The van der Waals surface area contributed by atoms with E-state index in [2.05, 4.69) is 25.5 Å². The van der Waals surface area contributed by atoms with Crippen molar-refractivity contribution in [1.82, 2.24) is 39.3 Å². The van der Waals surface area contributed by atoms with Crippen LogP contribution in [-0.2, 0) is 11.8 Å². The highest BCUT2D eigenvalue weighted by Crippen LogP contribution is 2.38. The largest absolute Gasteiger partial charge is 0.394 e. The van der Waals surface area contributed by atoms with Gasteiger partial charge in [0.15, 0.2) is 23.3 Å². The van der Waals surface area contributed by atoms with Crippen LogP contribution in [0.1, 0.15) is 23.8 Å². The Kier molecular flexibility index (Phi) is 6.37. The molecule has 1 fully saturated rings. The van der Waals surface area contributed by atoms with Crippen molar-refractivity contribution in [1.29, 1.82) is 0 Å². The molecule has 1 saturated heterocycles. The first-order chi connectivity index (χ1) is 19.2. The molecule has 0 saturated carbocycles. The third-order valence-corrected chi connectivity index (χ3v) is 7.18. The van der Waals surface area contributed by atoms with E-state index in [1.807, 2.05) is 36.7 Å². The number of aryl methyl sites for hydroxylation is 2. The molecule has 3 aromatic heterocycles. The summed E-state index contributed by atoms with van der Waals surface area (Å²) in [6.45, 7) is 1.28. The van der Waals surface area contributed by atoms with Crippen molar-refractivity contribution >= 4 is 11.0 Å². The molecule has 0 unspecified atom stereocenters. The predicted octanol–water partition coefficient (Wildman–Crippen LogP) is 1.53. The van der Waals surface area contributed by atoms with Crippen LogP contribution in [-0.4, -0.2) is 79.5 Å². The minimum atomic E-state index is -1.62. The molecule has 5 aromatic rings. The average molecular weight is 557 g/mol. The molecule has 1 aliphatic rings. The van der Waals surface area contributed by atoms with Crippen molar-refractivity contribution in [2.45, 2.75) is 37.4 Å². The Balaban J connectivity index is 1.37. The highest BCUT2D eigenvalue weighted by molar-refractivity contribution is 5.78. The summed E-state index contributed by atoms with van der Waals surface area (Å²) >= 11 is 0. The lowest BCUT2D eigenvalue weighted by molar-refractivity contribution is -0.210. The summed E-state index contributed by atoms with van der Waals surface area (Å²) in [6.07, 6.45) is -2.64. The molecule has 0 spiro atoms. The number of ether oxygens (including phenoxy) is 1. The number of fused-ring (bicyclic) bond motifs is 1. The van der Waals surface area contributed by atoms with E-state index in [1.165, 1.54) is 12.5 Å². The molecule has 1 aliphatic heterocycles. The number of imidazole rings is 1. The van der Waals surface area contributed by atoms with Gasteiger partial charge in [-0.05, 0) is 37.3 Å². The quantitative estimate of drug-likeness (QED) is 0.274. The Morgan fingerprint density at radius 1 is 1.02 bits per heavy atom. The fourth-order valence-corrected chi connectivity index (χ4v) is 4.98. The number of nitrogens with zero attached hydrogens (tertiary/aromatic N) is 8. The van der Waals surface area contributed by atoms with Gasteiger partial charge in [0.2, 0.25) is 0 Å². The SMILES string of the molecule is Cc1nc2cc(-n3cnnc3[C@@H]3O[C@H](CO)[C@H](O)[C@H](n4cc(-c5cc(F)c(F)c(F)c5)nn4)[C@H]3O)ccc2n1C. The zero-order valence-electron chi connectivity index (χ0n) is 21.1. The molecule has 5 atom stereocenters. The first kappa shape index (κ1) is 26.1. The minimum Gasteiger partial charge on any atom is -0.394 e. The van der Waals surface area contributed by atoms with Gasteiger partial charge in [0.05, 0.1) is 29.5 Å². The standard InChI is InChI=1S/C25H23F3N8O4/c1-11-30-16-7-13(3-4-18(16)34(11)2)35-10-29-32-25(35)24-23(39)21(22(38)19(9-37)40-24)36-8-17(31-33-36)12-5-14(26)20(28)15(27)6-12/h3-8,10,19,21-24,37-39H,9H2,1-2H3/t19-,21+,22+,23-,24-/m1/s1. The van der Waals surface area contributed by atoms with E-state index in [1.54, 1.807) is 4.57 Å². The molecule has 0 radical (unpaired) electrons. The van der Waals surface area contributed by atoms with Crippen molar-refractivity contribution < 1.29 is 33.2 Å². The molecule has 0 aliphatic carbocycles. The van der Waals surface area contributed by atoms with Crippen molar-refractivity contribution in [2.24, 2.45) is 7.05 Å². The van der Waals surface area contributed by atoms with E-state index in [9.17, 15) is 28.5 Å². The van der Waals surface area contributed by atoms with E-state index < -0.39 is 54.5 Å². The second-order valence-corrected chi connectivity index (χ2v) is 9.54. The highest BCUT2D eigenvalue weighted by atomic mass is 19.2. The van der Waals surface area contributed by atoms with Gasteiger partial charge in [0.1, 0.15) is 48.3 Å². The van der Waals surface area contributed by atoms with Gasteiger partial charge in [-0.3, -0.25) is 4.57 Å². The summed E-state index contributed by atoms with van der Waals surface area (Å²) in [5.74, 6) is -3.44. The number of aromatic nitrogens is 8. The van der Waals surface area contributed by atoms with Gasteiger partial charge in [-0.1, -0.05) is 5.21 Å². The molecule has 6 rings (SSSR count). The van der Waals surface area contributed by atoms with Crippen LogP contribution in [0.4, 0.5) is 13.2 Å². The Labute approximate surface area is 223 Å². The zero-order chi connectivity index (χ0) is 28.3. The van der Waals surface area contributed by atoms with Gasteiger partial charge in [0.25, 0.3) is 0 Å². The Morgan fingerprint density at radius 2 is 1.77 bits per heavy atom. The summed E-state index contributed by atoms with van der Waals surface area (Å²) in [5, 5.41) is 48.2. The first-order valence-electron chi connectivity index (χ1n) is 12.2. The molecular weight excluding hydrogens is 533 g/mol. The van der Waals surface area contributed by atoms with Crippen molar-refractivity contribution in [2.75, 3.05) is 6.61 Å². The van der Waals surface area contributed by atoms with Crippen LogP contribution < -0.4 is 0 Å². The van der Waals surface area contributed by atoms with Crippen molar-refractivity contribution in [3.05, 3.63) is 72.0 Å². The second kappa shape index (κ2) is 9.78. The fraction of sp³-hybridized carbons (Fsp3) is 0.320. The lowest BCUT2D eigenvalue weighted by Crippen LogP contribution is -2.53. The van der Waals surface area contributed by atoms with Crippen LogP contribution in [0.25, 0.3) is 28.0 Å². The minimum absolute atomic E-state index is 0.0390. The van der Waals surface area contributed by atoms with Crippen LogP contribution in [0.2, 0.25) is 0 Å². The number of aliphatic hydroxyl groups excluding tert-OH is 3. The molecule has 40 heavy (non-hydrogen) atoms. The zero-order valence-corrected chi connectivity index (χ0v) is 21.1. The summed E-state index contributed by atoms with van der Waals surface area (Å²) in [6, 6.07) is 5.82. The van der Waals surface area contributed by atoms with Crippen LogP contribution in [0.3, 0.4) is 0 Å². The summed E-state index contributed by atoms with van der Waals surface area (Å²) in [4.78, 5) is 4.55. The average Bonchev–Trinajstić information content (AvgIpc) is 3.67. The normalized spacial score (nSPS) is 23.2. The van der Waals surface area contributed by atoms with E-state index in [4.69, 9.17) is 4.74 Å². The fourth-order valence-electron chi connectivity index (χ4n) is 4.98. The molecule has 0 bridgehead atoms. The maximum atomic E-state index is 13.8. The summed E-state index contributed by atoms with van der Waals surface area (Å²) < 4.78 is 51.5.